The van der Waals surface area contributed by atoms with Crippen LogP contribution in [-0.2, 0) is 14.0 Å². The minimum absolute atomic E-state index is 0.0450. The van der Waals surface area contributed by atoms with Gasteiger partial charge in [-0.2, -0.15) is 5.10 Å². The van der Waals surface area contributed by atoms with Crippen molar-refractivity contribution in [3.05, 3.63) is 11.3 Å². The maximum absolute atomic E-state index is 6.15. The van der Waals surface area contributed by atoms with Crippen molar-refractivity contribution in [2.24, 2.45) is 0 Å². The van der Waals surface area contributed by atoms with Crippen LogP contribution < -0.4 is 5.59 Å². The minimum Gasteiger partial charge on any atom is -0.398 e. The molecule has 3 rings (SSSR count). The summed E-state index contributed by atoms with van der Waals surface area (Å²) in [4.78, 5) is 0. The van der Waals surface area contributed by atoms with Crippen molar-refractivity contribution in [3.8, 4) is 0 Å². The summed E-state index contributed by atoms with van der Waals surface area (Å²) in [6, 6.07) is 0. The van der Waals surface area contributed by atoms with Crippen LogP contribution in [0.4, 0.5) is 0 Å². The summed E-state index contributed by atoms with van der Waals surface area (Å²) in [7, 11) is -0.409. The summed E-state index contributed by atoms with van der Waals surface area (Å²) >= 11 is 0. The number of hydrogen-bond donors (Lipinski definition) is 0. The first kappa shape index (κ1) is 16.0. The maximum Gasteiger partial charge on any atom is 0.516 e. The first-order valence-electron chi connectivity index (χ1n) is 8.26. The van der Waals surface area contributed by atoms with E-state index in [-0.39, 0.29) is 17.4 Å². The average molecular weight is 306 g/mol. The van der Waals surface area contributed by atoms with E-state index in [1.165, 1.54) is 6.42 Å². The van der Waals surface area contributed by atoms with E-state index >= 15 is 0 Å². The van der Waals surface area contributed by atoms with E-state index in [2.05, 4.69) is 41.5 Å². The van der Waals surface area contributed by atoms with Gasteiger partial charge >= 0.3 is 7.12 Å². The second kappa shape index (κ2) is 5.36. The van der Waals surface area contributed by atoms with Crippen LogP contribution in [-0.4, -0.2) is 34.7 Å². The van der Waals surface area contributed by atoms with Gasteiger partial charge in [0.25, 0.3) is 0 Å². The fourth-order valence-electron chi connectivity index (χ4n) is 3.00. The third kappa shape index (κ3) is 2.51. The zero-order valence-corrected chi connectivity index (χ0v) is 14.6. The number of nitrogens with zero attached hydrogens (tertiary/aromatic N) is 2. The van der Waals surface area contributed by atoms with E-state index in [1.807, 2.05) is 4.68 Å². The van der Waals surface area contributed by atoms with E-state index in [4.69, 9.17) is 19.1 Å². The Hall–Kier alpha value is -0.845. The summed E-state index contributed by atoms with van der Waals surface area (Å²) in [5.41, 5.74) is 2.46. The van der Waals surface area contributed by atoms with Crippen LogP contribution in [0.5, 0.6) is 0 Å². The van der Waals surface area contributed by atoms with E-state index < -0.39 is 7.12 Å². The number of rotatable bonds is 2. The molecule has 2 saturated heterocycles. The van der Waals surface area contributed by atoms with Crippen LogP contribution in [0.25, 0.3) is 0 Å². The largest absolute Gasteiger partial charge is 0.516 e. The van der Waals surface area contributed by atoms with Gasteiger partial charge in [-0.1, -0.05) is 0 Å². The second-order valence-corrected chi connectivity index (χ2v) is 7.45. The van der Waals surface area contributed by atoms with Crippen LogP contribution in [0.15, 0.2) is 0 Å². The molecule has 2 aliphatic heterocycles. The van der Waals surface area contributed by atoms with E-state index in [1.54, 1.807) is 0 Å². The molecule has 2 fully saturated rings. The van der Waals surface area contributed by atoms with Crippen LogP contribution in [0, 0.1) is 13.8 Å². The zero-order chi connectivity index (χ0) is 16.1. The molecule has 5 nitrogen and oxygen atoms in total. The van der Waals surface area contributed by atoms with Gasteiger partial charge in [0.05, 0.1) is 16.8 Å². The highest BCUT2D eigenvalue weighted by atomic mass is 16.7. The van der Waals surface area contributed by atoms with Crippen molar-refractivity contribution in [2.75, 3.05) is 6.61 Å². The standard InChI is InChI=1S/C16H27BN2O3/c1-11-12(2)19(13-9-7-8-10-20-13)18-14(11)17-21-15(3,4)16(5,6)22-17/h13H,7-10H2,1-6H3/t13-/m1/s1. The lowest BCUT2D eigenvalue weighted by molar-refractivity contribution is -0.0405. The molecule has 2 aliphatic rings. The van der Waals surface area contributed by atoms with Crippen molar-refractivity contribution in [1.29, 1.82) is 0 Å². The van der Waals surface area contributed by atoms with E-state index in [9.17, 15) is 0 Å². The second-order valence-electron chi connectivity index (χ2n) is 7.45. The van der Waals surface area contributed by atoms with E-state index in [0.717, 1.165) is 36.3 Å². The Kier molecular flexibility index (Phi) is 3.90. The summed E-state index contributed by atoms with van der Waals surface area (Å²) < 4.78 is 20.2. The van der Waals surface area contributed by atoms with Gasteiger partial charge in [0.1, 0.15) is 6.23 Å². The highest BCUT2D eigenvalue weighted by Crippen LogP contribution is 2.37. The molecular formula is C16H27BN2O3. The number of ether oxygens (including phenoxy) is 1. The molecule has 6 heteroatoms. The van der Waals surface area contributed by atoms with Gasteiger partial charge in [-0.05, 0) is 66.4 Å². The highest BCUT2D eigenvalue weighted by molar-refractivity contribution is 6.61. The average Bonchev–Trinajstić information content (AvgIpc) is 2.86. The molecule has 0 amide bonds. The van der Waals surface area contributed by atoms with Crippen LogP contribution >= 0.6 is 0 Å². The quantitative estimate of drug-likeness (QED) is 0.788. The molecule has 0 saturated carbocycles. The van der Waals surface area contributed by atoms with Crippen LogP contribution in [0.3, 0.4) is 0 Å². The molecular weight excluding hydrogens is 279 g/mol. The molecule has 0 aromatic carbocycles. The Morgan fingerprint density at radius 3 is 2.27 bits per heavy atom. The van der Waals surface area contributed by atoms with Crippen molar-refractivity contribution >= 4 is 12.7 Å². The number of hydrogen-bond acceptors (Lipinski definition) is 4. The van der Waals surface area contributed by atoms with Crippen LogP contribution in [0.1, 0.15) is 64.4 Å². The van der Waals surface area contributed by atoms with Gasteiger partial charge in [-0.25, -0.2) is 4.68 Å². The first-order valence-corrected chi connectivity index (χ1v) is 8.26. The Morgan fingerprint density at radius 1 is 1.09 bits per heavy atom. The molecule has 0 bridgehead atoms. The summed E-state index contributed by atoms with van der Waals surface area (Å²) in [6.45, 7) is 13.3. The third-order valence-corrected chi connectivity index (χ3v) is 5.39. The Balaban J connectivity index is 1.89. The maximum atomic E-state index is 6.15. The Bertz CT molecular complexity index is 546. The van der Waals surface area contributed by atoms with Crippen molar-refractivity contribution < 1.29 is 14.0 Å². The molecule has 1 atom stereocenters. The summed E-state index contributed by atoms with van der Waals surface area (Å²) in [5.74, 6) is 0. The third-order valence-electron chi connectivity index (χ3n) is 5.39. The zero-order valence-electron chi connectivity index (χ0n) is 14.6. The highest BCUT2D eigenvalue weighted by Gasteiger charge is 2.53. The van der Waals surface area contributed by atoms with Gasteiger partial charge in [0.2, 0.25) is 0 Å². The van der Waals surface area contributed by atoms with Gasteiger partial charge in [-0.15, -0.1) is 0 Å². The molecule has 0 N–H and O–H groups in total. The predicted octanol–water partition coefficient (Wildman–Crippen LogP) is 2.50. The van der Waals surface area contributed by atoms with E-state index in [0.29, 0.717) is 0 Å². The Labute approximate surface area is 133 Å². The first-order chi connectivity index (χ1) is 10.2. The lowest BCUT2D eigenvalue weighted by atomic mass is 9.82. The van der Waals surface area contributed by atoms with Crippen molar-refractivity contribution in [2.45, 2.75) is 78.2 Å². The van der Waals surface area contributed by atoms with Gasteiger partial charge in [-0.3, -0.25) is 0 Å². The summed E-state index contributed by atoms with van der Waals surface area (Å²) in [5, 5.41) is 4.79. The van der Waals surface area contributed by atoms with Gasteiger partial charge in [0.15, 0.2) is 0 Å². The minimum atomic E-state index is -0.409. The topological polar surface area (TPSA) is 45.5 Å². The molecule has 0 aliphatic carbocycles. The van der Waals surface area contributed by atoms with Crippen molar-refractivity contribution in [3.63, 3.8) is 0 Å². The SMILES string of the molecule is Cc1c(B2OC(C)(C)C(C)(C)O2)nn([C@H]2CCCCO2)c1C. The molecule has 3 heterocycles. The summed E-state index contributed by atoms with van der Waals surface area (Å²) in [6.07, 6.45) is 3.39. The monoisotopic (exact) mass is 306 g/mol. The molecule has 0 spiro atoms. The molecule has 122 valence electrons. The normalized spacial score (nSPS) is 27.4. The Morgan fingerprint density at radius 2 is 1.73 bits per heavy atom. The fraction of sp³-hybridized carbons (Fsp3) is 0.812. The fourth-order valence-corrected chi connectivity index (χ4v) is 3.00. The van der Waals surface area contributed by atoms with Gasteiger partial charge < -0.3 is 14.0 Å². The van der Waals surface area contributed by atoms with Crippen molar-refractivity contribution in [1.82, 2.24) is 9.78 Å². The van der Waals surface area contributed by atoms with Gasteiger partial charge in [0, 0.05) is 12.3 Å². The lowest BCUT2D eigenvalue weighted by Gasteiger charge is -2.32. The van der Waals surface area contributed by atoms with Crippen LogP contribution in [0.2, 0.25) is 0 Å². The molecule has 1 aromatic heterocycles. The lowest BCUT2D eigenvalue weighted by Crippen LogP contribution is -2.41. The molecule has 1 aromatic rings. The molecule has 0 unspecified atom stereocenters. The molecule has 22 heavy (non-hydrogen) atoms. The number of aromatic nitrogens is 2. The predicted molar refractivity (Wildman–Crippen MR) is 86.3 cm³/mol. The molecule has 0 radical (unpaired) electrons. The smallest absolute Gasteiger partial charge is 0.398 e.